The molecule has 0 aromatic heterocycles. The molecule has 1 fully saturated rings. The maximum absolute atomic E-state index is 13.6. The van der Waals surface area contributed by atoms with E-state index in [0.29, 0.717) is 24.2 Å². The second-order valence-corrected chi connectivity index (χ2v) is 8.39. The van der Waals surface area contributed by atoms with Crippen molar-refractivity contribution in [2.24, 2.45) is 4.99 Å². The van der Waals surface area contributed by atoms with Crippen LogP contribution in [0.4, 0.5) is 35.5 Å². The highest BCUT2D eigenvalue weighted by Gasteiger charge is 2.40. The number of rotatable bonds is 6. The van der Waals surface area contributed by atoms with Gasteiger partial charge in [0, 0.05) is 6.54 Å². The molecule has 2 heterocycles. The summed E-state index contributed by atoms with van der Waals surface area (Å²) in [5, 5.41) is 0. The highest BCUT2D eigenvalue weighted by Crippen LogP contribution is 2.39. The fraction of sp³-hybridized carbons (Fsp3) is 0.391. The number of hydrogen-bond donors (Lipinski definition) is 1. The summed E-state index contributed by atoms with van der Waals surface area (Å²) in [7, 11) is 0. The molecule has 4 rings (SSSR count). The molecule has 1 N–H and O–H groups in total. The van der Waals surface area contributed by atoms with Gasteiger partial charge < -0.3 is 9.47 Å². The Kier molecular flexibility index (Phi) is 7.44. The summed E-state index contributed by atoms with van der Waals surface area (Å²) >= 11 is 0. The highest BCUT2D eigenvalue weighted by atomic mass is 19.4. The molecule has 3 unspecified atom stereocenters. The molecule has 0 bridgehead atoms. The number of nitrogens with zero attached hydrogens (tertiary/aromatic N) is 3. The van der Waals surface area contributed by atoms with E-state index in [1.807, 2.05) is 0 Å². The van der Waals surface area contributed by atoms with Crippen LogP contribution in [0, 0.1) is 5.82 Å². The maximum Gasteiger partial charge on any atom is 0.416 e. The first-order valence-corrected chi connectivity index (χ1v) is 11.0. The van der Waals surface area contributed by atoms with Gasteiger partial charge in [0.25, 0.3) is 0 Å². The van der Waals surface area contributed by atoms with E-state index < -0.39 is 53.8 Å². The number of morpholine rings is 1. The van der Waals surface area contributed by atoms with E-state index in [4.69, 9.17) is 9.47 Å². The summed E-state index contributed by atoms with van der Waals surface area (Å²) in [4.78, 5) is 16.9. The molecule has 1 saturated heterocycles. The van der Waals surface area contributed by atoms with Gasteiger partial charge in [-0.05, 0) is 48.4 Å². The first-order valence-electron chi connectivity index (χ1n) is 11.0. The van der Waals surface area contributed by atoms with Crippen LogP contribution in [-0.2, 0) is 21.8 Å². The van der Waals surface area contributed by atoms with Gasteiger partial charge in [0.2, 0.25) is 0 Å². The molecule has 14 heteroatoms. The van der Waals surface area contributed by atoms with Crippen molar-refractivity contribution < 1.29 is 45.0 Å². The van der Waals surface area contributed by atoms with E-state index in [9.17, 15) is 35.5 Å². The molecule has 2 aromatic rings. The standard InChI is InChI=1S/C23H20F7N4O3/c1-12(14-8-15(22(25,26)27)10-16(9-14)23(28,29)30)37-20-19(13-2-4-17(24)5-3-13)34(6-7-36-20)11-18-31-21(35)33-32-18/h2-5,8-10,12,19-20H,6-7,11H2,1H3,(H,31,32,35). The number of carbonyl (C=O) groups excluding carboxylic acids is 1. The average molecular weight is 533 g/mol. The second kappa shape index (κ2) is 10.3. The third kappa shape index (κ3) is 6.37. The van der Waals surface area contributed by atoms with Gasteiger partial charge in [-0.2, -0.15) is 31.3 Å². The lowest BCUT2D eigenvalue weighted by Gasteiger charge is -2.42. The molecular weight excluding hydrogens is 513 g/mol. The van der Waals surface area contributed by atoms with Crippen molar-refractivity contribution in [1.82, 2.24) is 15.8 Å². The Morgan fingerprint density at radius 2 is 1.70 bits per heavy atom. The van der Waals surface area contributed by atoms with Crippen LogP contribution >= 0.6 is 0 Å². The van der Waals surface area contributed by atoms with Crippen LogP contribution < -0.4 is 10.9 Å². The van der Waals surface area contributed by atoms with Crippen LogP contribution in [0.3, 0.4) is 0 Å². The maximum atomic E-state index is 13.6. The lowest BCUT2D eigenvalue weighted by molar-refractivity contribution is -0.227. The van der Waals surface area contributed by atoms with Crippen molar-refractivity contribution in [2.45, 2.75) is 37.7 Å². The Bertz CT molecular complexity index is 1140. The molecule has 1 radical (unpaired) electrons. The molecule has 2 aliphatic heterocycles. The number of aliphatic imine (C=N–C) groups is 1. The number of ether oxygens (including phenoxy) is 2. The van der Waals surface area contributed by atoms with Crippen molar-refractivity contribution in [2.75, 3.05) is 19.7 Å². The molecule has 37 heavy (non-hydrogen) atoms. The van der Waals surface area contributed by atoms with Gasteiger partial charge in [-0.1, -0.05) is 12.1 Å². The molecule has 3 atom stereocenters. The van der Waals surface area contributed by atoms with Gasteiger partial charge in [-0.15, -0.1) is 5.43 Å². The molecule has 0 aliphatic carbocycles. The predicted octanol–water partition coefficient (Wildman–Crippen LogP) is 4.98. The van der Waals surface area contributed by atoms with Gasteiger partial charge in [0.1, 0.15) is 11.7 Å². The Balaban J connectivity index is 1.65. The van der Waals surface area contributed by atoms with Crippen LogP contribution in [0.5, 0.6) is 0 Å². The third-order valence-electron chi connectivity index (χ3n) is 5.81. The summed E-state index contributed by atoms with van der Waals surface area (Å²) < 4.78 is 105. The number of nitrogens with one attached hydrogen (secondary N) is 1. The van der Waals surface area contributed by atoms with Gasteiger partial charge in [-0.3, -0.25) is 10.3 Å². The smallest absolute Gasteiger partial charge is 0.349 e. The molecule has 0 spiro atoms. The Labute approximate surface area is 206 Å². The average Bonchev–Trinajstić information content (AvgIpc) is 3.23. The van der Waals surface area contributed by atoms with E-state index in [1.54, 1.807) is 4.90 Å². The van der Waals surface area contributed by atoms with E-state index >= 15 is 0 Å². The van der Waals surface area contributed by atoms with Crippen LogP contribution in [0.15, 0.2) is 47.5 Å². The topological polar surface area (TPSA) is 77.3 Å². The number of amidine groups is 1. The van der Waals surface area contributed by atoms with E-state index in [-0.39, 0.29) is 30.6 Å². The van der Waals surface area contributed by atoms with Crippen molar-refractivity contribution >= 4 is 11.9 Å². The molecule has 7 nitrogen and oxygen atoms in total. The second-order valence-electron chi connectivity index (χ2n) is 8.39. The summed E-state index contributed by atoms with van der Waals surface area (Å²) in [6, 6.07) is 5.01. The highest BCUT2D eigenvalue weighted by molar-refractivity contribution is 5.99. The summed E-state index contributed by atoms with van der Waals surface area (Å²) in [5.41, 5.74) is 3.14. The van der Waals surface area contributed by atoms with Gasteiger partial charge in [-0.25, -0.2) is 9.18 Å². The first-order chi connectivity index (χ1) is 17.3. The van der Waals surface area contributed by atoms with Gasteiger partial charge >= 0.3 is 18.4 Å². The fourth-order valence-corrected chi connectivity index (χ4v) is 4.04. The lowest BCUT2D eigenvalue weighted by atomic mass is 10.0. The molecule has 0 saturated carbocycles. The summed E-state index contributed by atoms with van der Waals surface area (Å²) in [6.45, 7) is 1.76. The number of amides is 2. The van der Waals surface area contributed by atoms with E-state index in [0.717, 1.165) is 0 Å². The Morgan fingerprint density at radius 3 is 2.24 bits per heavy atom. The van der Waals surface area contributed by atoms with Crippen molar-refractivity contribution in [3.63, 3.8) is 0 Å². The van der Waals surface area contributed by atoms with Crippen LogP contribution in [0.25, 0.3) is 0 Å². The molecule has 199 valence electrons. The van der Waals surface area contributed by atoms with Crippen LogP contribution in [0.2, 0.25) is 0 Å². The number of hydrogen-bond acceptors (Lipinski definition) is 5. The predicted molar refractivity (Wildman–Crippen MR) is 115 cm³/mol. The number of benzene rings is 2. The number of alkyl halides is 6. The zero-order valence-electron chi connectivity index (χ0n) is 19.1. The van der Waals surface area contributed by atoms with Crippen molar-refractivity contribution in [1.29, 1.82) is 0 Å². The normalized spacial score (nSPS) is 21.8. The number of halogens is 7. The van der Waals surface area contributed by atoms with Gasteiger partial charge in [0.05, 0.1) is 36.4 Å². The third-order valence-corrected chi connectivity index (χ3v) is 5.81. The van der Waals surface area contributed by atoms with E-state index in [2.05, 4.69) is 15.8 Å². The first kappa shape index (κ1) is 26.8. The SMILES string of the molecule is CC(OC1OCCN(CC2=NC(=O)[N]N2)C1c1ccc(F)cc1)c1cc(C(F)(F)F)cc(C(F)(F)F)c1. The van der Waals surface area contributed by atoms with Gasteiger partial charge in [0.15, 0.2) is 6.29 Å². The quantitative estimate of drug-likeness (QED) is 0.530. The number of carbonyl (C=O) groups is 1. The number of urea groups is 1. The van der Waals surface area contributed by atoms with Crippen LogP contribution in [0.1, 0.15) is 41.3 Å². The van der Waals surface area contributed by atoms with E-state index in [1.165, 1.54) is 31.2 Å². The van der Waals surface area contributed by atoms with Crippen molar-refractivity contribution in [3.05, 3.63) is 70.5 Å². The summed E-state index contributed by atoms with van der Waals surface area (Å²) in [6.07, 6.45) is -12.5. The minimum Gasteiger partial charge on any atom is -0.349 e. The Morgan fingerprint density at radius 1 is 1.08 bits per heavy atom. The fourth-order valence-electron chi connectivity index (χ4n) is 4.04. The molecular formula is C23H20F7N4O3. The summed E-state index contributed by atoms with van der Waals surface area (Å²) in [5.74, 6) is -0.300. The Hall–Kier alpha value is -3.23. The zero-order valence-corrected chi connectivity index (χ0v) is 19.1. The molecule has 2 aromatic carbocycles. The molecule has 2 amide bonds. The zero-order chi connectivity index (χ0) is 27.0. The minimum atomic E-state index is -5.01. The van der Waals surface area contributed by atoms with Crippen LogP contribution in [-0.4, -0.2) is 42.8 Å². The largest absolute Gasteiger partial charge is 0.416 e. The lowest BCUT2D eigenvalue weighted by Crippen LogP contribution is -2.49. The monoisotopic (exact) mass is 533 g/mol. The minimum absolute atomic E-state index is 0.0397. The molecule has 2 aliphatic rings. The van der Waals surface area contributed by atoms with Crippen molar-refractivity contribution in [3.8, 4) is 0 Å².